The molecule has 0 radical (unpaired) electrons. The van der Waals surface area contributed by atoms with Gasteiger partial charge in [0.1, 0.15) is 5.75 Å². The summed E-state index contributed by atoms with van der Waals surface area (Å²) in [6.45, 7) is 2.76. The van der Waals surface area contributed by atoms with E-state index < -0.39 is 0 Å². The molecule has 0 spiro atoms. The van der Waals surface area contributed by atoms with Crippen LogP contribution in [0.1, 0.15) is 29.6 Å². The van der Waals surface area contributed by atoms with Crippen LogP contribution in [0.25, 0.3) is 0 Å². The van der Waals surface area contributed by atoms with Gasteiger partial charge in [0.2, 0.25) is 0 Å². The summed E-state index contributed by atoms with van der Waals surface area (Å²) in [6, 6.07) is 5.55. The number of hydrogen-bond acceptors (Lipinski definition) is 3. The molecule has 0 bridgehead atoms. The minimum atomic E-state index is 0.202. The largest absolute Gasteiger partial charge is 0.496 e. The molecule has 4 heteroatoms. The second-order valence-electron chi connectivity index (χ2n) is 5.92. The summed E-state index contributed by atoms with van der Waals surface area (Å²) in [7, 11) is 1.63. The molecule has 20 heavy (non-hydrogen) atoms. The Hall–Kier alpha value is -0.870. The quantitative estimate of drug-likeness (QED) is 0.789. The molecule has 2 fully saturated rings. The second kappa shape index (κ2) is 5.86. The zero-order valence-electron chi connectivity index (χ0n) is 11.8. The van der Waals surface area contributed by atoms with Crippen LogP contribution in [-0.4, -0.2) is 37.4 Å². The van der Waals surface area contributed by atoms with Crippen LogP contribution in [0, 0.1) is 11.8 Å². The van der Waals surface area contributed by atoms with Crippen LogP contribution < -0.4 is 4.74 Å². The normalized spacial score (nSPS) is 25.7. The molecule has 1 heterocycles. The Kier molecular flexibility index (Phi) is 4.13. The molecular weight excluding hydrogens is 318 g/mol. The first-order valence-electron chi connectivity index (χ1n) is 7.26. The summed E-state index contributed by atoms with van der Waals surface area (Å²) in [5.74, 6) is 2.64. The molecule has 1 aliphatic heterocycles. The van der Waals surface area contributed by atoms with Gasteiger partial charge in [0.05, 0.1) is 18.1 Å². The van der Waals surface area contributed by atoms with Crippen LogP contribution in [0.3, 0.4) is 0 Å². The van der Waals surface area contributed by atoms with Gasteiger partial charge in [0.25, 0.3) is 0 Å². The van der Waals surface area contributed by atoms with Crippen molar-refractivity contribution in [3.05, 3.63) is 28.2 Å². The van der Waals surface area contributed by atoms with Gasteiger partial charge < -0.3 is 4.74 Å². The van der Waals surface area contributed by atoms with E-state index in [0.29, 0.717) is 6.54 Å². The Morgan fingerprint density at radius 3 is 2.65 bits per heavy atom. The highest BCUT2D eigenvalue weighted by atomic mass is 79.9. The minimum absolute atomic E-state index is 0.202. The van der Waals surface area contributed by atoms with Crippen molar-refractivity contribution >= 4 is 21.7 Å². The summed E-state index contributed by atoms with van der Waals surface area (Å²) in [5.41, 5.74) is 0.759. The standard InChI is InChI=1S/C16H20BrNO2/c1-20-16-6-5-11(7-14(16)17)15(19)10-18-8-12-3-2-4-13(12)9-18/h5-7,12-13H,2-4,8-10H2,1H3. The van der Waals surface area contributed by atoms with E-state index >= 15 is 0 Å². The van der Waals surface area contributed by atoms with Gasteiger partial charge in [-0.2, -0.15) is 0 Å². The predicted octanol–water partition coefficient (Wildman–Crippen LogP) is 3.37. The highest BCUT2D eigenvalue weighted by Gasteiger charge is 2.36. The average Bonchev–Trinajstić information content (AvgIpc) is 2.99. The van der Waals surface area contributed by atoms with Gasteiger partial charge in [-0.15, -0.1) is 0 Å². The van der Waals surface area contributed by atoms with E-state index in [-0.39, 0.29) is 5.78 Å². The molecule has 3 rings (SSSR count). The first-order chi connectivity index (χ1) is 9.67. The molecule has 0 amide bonds. The lowest BCUT2D eigenvalue weighted by Crippen LogP contribution is -2.28. The van der Waals surface area contributed by atoms with Crippen molar-refractivity contribution in [1.82, 2.24) is 4.90 Å². The molecule has 1 aliphatic carbocycles. The number of carbonyl (C=O) groups excluding carboxylic acids is 1. The van der Waals surface area contributed by atoms with E-state index in [9.17, 15) is 4.79 Å². The predicted molar refractivity (Wildman–Crippen MR) is 82.3 cm³/mol. The number of ketones is 1. The van der Waals surface area contributed by atoms with Gasteiger partial charge in [-0.1, -0.05) is 6.42 Å². The maximum atomic E-state index is 12.4. The number of methoxy groups -OCH3 is 1. The first-order valence-corrected chi connectivity index (χ1v) is 8.06. The zero-order valence-corrected chi connectivity index (χ0v) is 13.4. The average molecular weight is 338 g/mol. The van der Waals surface area contributed by atoms with Gasteiger partial charge in [0, 0.05) is 18.7 Å². The van der Waals surface area contributed by atoms with Crippen LogP contribution >= 0.6 is 15.9 Å². The summed E-state index contributed by atoms with van der Waals surface area (Å²) < 4.78 is 6.03. The van der Waals surface area contributed by atoms with Crippen molar-refractivity contribution in [2.24, 2.45) is 11.8 Å². The second-order valence-corrected chi connectivity index (χ2v) is 6.77. The third-order valence-electron chi connectivity index (χ3n) is 4.64. The van der Waals surface area contributed by atoms with Crippen molar-refractivity contribution < 1.29 is 9.53 Å². The fourth-order valence-corrected chi connectivity index (χ4v) is 4.14. The smallest absolute Gasteiger partial charge is 0.176 e. The van der Waals surface area contributed by atoms with Crippen molar-refractivity contribution in [3.63, 3.8) is 0 Å². The maximum absolute atomic E-state index is 12.4. The molecule has 1 aromatic carbocycles. The van der Waals surface area contributed by atoms with Gasteiger partial charge in [-0.3, -0.25) is 9.69 Å². The maximum Gasteiger partial charge on any atom is 0.176 e. The fraction of sp³-hybridized carbons (Fsp3) is 0.562. The van der Waals surface area contributed by atoms with Gasteiger partial charge in [0.15, 0.2) is 5.78 Å². The Labute approximate surface area is 128 Å². The van der Waals surface area contributed by atoms with E-state index in [1.165, 1.54) is 19.3 Å². The molecule has 108 valence electrons. The van der Waals surface area contributed by atoms with Crippen LogP contribution in [-0.2, 0) is 0 Å². The van der Waals surface area contributed by atoms with E-state index in [0.717, 1.165) is 40.7 Å². The number of benzene rings is 1. The number of rotatable bonds is 4. The van der Waals surface area contributed by atoms with Crippen LogP contribution in [0.15, 0.2) is 22.7 Å². The number of carbonyl (C=O) groups is 1. The molecule has 0 N–H and O–H groups in total. The number of likely N-dealkylation sites (tertiary alicyclic amines) is 1. The third-order valence-corrected chi connectivity index (χ3v) is 5.26. The number of nitrogens with zero attached hydrogens (tertiary/aromatic N) is 1. The Balaban J connectivity index is 1.63. The molecule has 0 aromatic heterocycles. The topological polar surface area (TPSA) is 29.5 Å². The minimum Gasteiger partial charge on any atom is -0.496 e. The Morgan fingerprint density at radius 2 is 2.05 bits per heavy atom. The number of fused-ring (bicyclic) bond motifs is 1. The molecule has 3 nitrogen and oxygen atoms in total. The SMILES string of the molecule is COc1ccc(C(=O)CN2CC3CCCC3C2)cc1Br. The Morgan fingerprint density at radius 1 is 1.35 bits per heavy atom. The first kappa shape index (κ1) is 14.1. The number of ether oxygens (including phenoxy) is 1. The highest BCUT2D eigenvalue weighted by molar-refractivity contribution is 9.10. The molecule has 2 aliphatic rings. The van der Waals surface area contributed by atoms with Gasteiger partial charge >= 0.3 is 0 Å². The lowest BCUT2D eigenvalue weighted by atomic mass is 10.0. The zero-order chi connectivity index (χ0) is 14.1. The molecular formula is C16H20BrNO2. The molecule has 2 unspecified atom stereocenters. The van der Waals surface area contributed by atoms with E-state index in [1.807, 2.05) is 18.2 Å². The van der Waals surface area contributed by atoms with Crippen LogP contribution in [0.5, 0.6) is 5.75 Å². The summed E-state index contributed by atoms with van der Waals surface area (Å²) in [5, 5.41) is 0. The van der Waals surface area contributed by atoms with Gasteiger partial charge in [-0.25, -0.2) is 0 Å². The highest BCUT2D eigenvalue weighted by Crippen LogP contribution is 2.37. The summed E-state index contributed by atoms with van der Waals surface area (Å²) in [4.78, 5) is 14.7. The van der Waals surface area contributed by atoms with E-state index in [4.69, 9.17) is 4.74 Å². The van der Waals surface area contributed by atoms with Crippen molar-refractivity contribution in [1.29, 1.82) is 0 Å². The number of Topliss-reactive ketones (excluding diaryl/α,β-unsaturated/α-hetero) is 1. The van der Waals surface area contributed by atoms with Gasteiger partial charge in [-0.05, 0) is 58.8 Å². The number of halogens is 1. The van der Waals surface area contributed by atoms with Crippen molar-refractivity contribution in [2.75, 3.05) is 26.7 Å². The molecule has 1 saturated carbocycles. The lowest BCUT2D eigenvalue weighted by Gasteiger charge is -2.16. The van der Waals surface area contributed by atoms with Crippen LogP contribution in [0.4, 0.5) is 0 Å². The summed E-state index contributed by atoms with van der Waals surface area (Å²) >= 11 is 3.44. The third kappa shape index (κ3) is 2.77. The lowest BCUT2D eigenvalue weighted by molar-refractivity contribution is 0.0941. The molecule has 1 saturated heterocycles. The summed E-state index contributed by atoms with van der Waals surface area (Å²) in [6.07, 6.45) is 4.08. The fourth-order valence-electron chi connectivity index (χ4n) is 3.60. The van der Waals surface area contributed by atoms with Crippen molar-refractivity contribution in [2.45, 2.75) is 19.3 Å². The molecule has 1 aromatic rings. The van der Waals surface area contributed by atoms with Crippen LogP contribution in [0.2, 0.25) is 0 Å². The van der Waals surface area contributed by atoms with Crippen molar-refractivity contribution in [3.8, 4) is 5.75 Å². The van der Waals surface area contributed by atoms with E-state index in [1.54, 1.807) is 7.11 Å². The Bertz CT molecular complexity index is 505. The molecule has 2 atom stereocenters. The monoisotopic (exact) mass is 337 g/mol. The number of hydrogen-bond donors (Lipinski definition) is 0. The van der Waals surface area contributed by atoms with E-state index in [2.05, 4.69) is 20.8 Å².